The van der Waals surface area contributed by atoms with Gasteiger partial charge in [0.2, 0.25) is 0 Å². The number of Topliss-reactive ketones (excluding diaryl/α,β-unsaturated/α-hetero) is 1. The number of nitrogens with zero attached hydrogens (tertiary/aromatic N) is 2. The lowest BCUT2D eigenvalue weighted by atomic mass is 10.0. The van der Waals surface area contributed by atoms with Crippen molar-refractivity contribution >= 4 is 5.78 Å². The third-order valence-electron chi connectivity index (χ3n) is 4.86. The van der Waals surface area contributed by atoms with E-state index >= 15 is 0 Å². The summed E-state index contributed by atoms with van der Waals surface area (Å²) in [6.07, 6.45) is 3.81. The molecule has 0 bridgehead atoms. The second kappa shape index (κ2) is 6.28. The van der Waals surface area contributed by atoms with Crippen molar-refractivity contribution in [3.8, 4) is 16.9 Å². The predicted octanol–water partition coefficient (Wildman–Crippen LogP) is 4.45. The summed E-state index contributed by atoms with van der Waals surface area (Å²) in [6.45, 7) is 1.67. The van der Waals surface area contributed by atoms with Gasteiger partial charge in [-0.25, -0.2) is 9.07 Å². The maximum absolute atomic E-state index is 13.3. The van der Waals surface area contributed by atoms with Crippen molar-refractivity contribution in [2.24, 2.45) is 11.8 Å². The van der Waals surface area contributed by atoms with Crippen molar-refractivity contribution < 1.29 is 9.18 Å². The zero-order chi connectivity index (χ0) is 17.4. The number of hydrogen-bond acceptors (Lipinski definition) is 2. The second-order valence-electron chi connectivity index (χ2n) is 6.71. The van der Waals surface area contributed by atoms with Crippen molar-refractivity contribution in [1.82, 2.24) is 9.78 Å². The molecule has 1 aliphatic rings. The van der Waals surface area contributed by atoms with Gasteiger partial charge in [-0.05, 0) is 67.6 Å². The van der Waals surface area contributed by atoms with Crippen molar-refractivity contribution in [3.63, 3.8) is 0 Å². The summed E-state index contributed by atoms with van der Waals surface area (Å²) in [4.78, 5) is 11.6. The highest BCUT2D eigenvalue weighted by atomic mass is 19.1. The first kappa shape index (κ1) is 15.8. The van der Waals surface area contributed by atoms with Gasteiger partial charge in [-0.1, -0.05) is 18.2 Å². The summed E-state index contributed by atoms with van der Waals surface area (Å²) < 4.78 is 15.1. The van der Waals surface area contributed by atoms with Crippen LogP contribution in [0.25, 0.3) is 16.9 Å². The molecule has 3 aromatic rings. The maximum Gasteiger partial charge on any atom is 0.133 e. The highest BCUT2D eigenvalue weighted by molar-refractivity contribution is 5.81. The Bertz CT molecular complexity index is 899. The van der Waals surface area contributed by atoms with Crippen LogP contribution < -0.4 is 0 Å². The minimum Gasteiger partial charge on any atom is -0.300 e. The van der Waals surface area contributed by atoms with E-state index in [1.165, 1.54) is 12.1 Å². The Balaban J connectivity index is 1.71. The van der Waals surface area contributed by atoms with Gasteiger partial charge >= 0.3 is 0 Å². The number of para-hydroxylation sites is 1. The number of rotatable bonds is 5. The molecule has 0 unspecified atom stereocenters. The van der Waals surface area contributed by atoms with E-state index in [0.717, 1.165) is 35.3 Å². The molecule has 0 saturated heterocycles. The topological polar surface area (TPSA) is 34.9 Å². The summed E-state index contributed by atoms with van der Waals surface area (Å²) in [7, 11) is 0. The number of carbonyl (C=O) groups is 1. The van der Waals surface area contributed by atoms with E-state index in [1.807, 2.05) is 41.2 Å². The Kier molecular flexibility index (Phi) is 3.96. The van der Waals surface area contributed by atoms with Gasteiger partial charge in [-0.3, -0.25) is 4.79 Å². The zero-order valence-corrected chi connectivity index (χ0v) is 14.0. The summed E-state index contributed by atoms with van der Waals surface area (Å²) in [5, 5.41) is 4.74. The van der Waals surface area contributed by atoms with E-state index in [0.29, 0.717) is 5.92 Å². The molecule has 0 N–H and O–H groups in total. The summed E-state index contributed by atoms with van der Waals surface area (Å²) in [6, 6.07) is 16.3. The molecular formula is C21H19FN2O. The van der Waals surface area contributed by atoms with Gasteiger partial charge in [-0.2, -0.15) is 5.10 Å². The number of halogens is 1. The number of benzene rings is 2. The molecule has 1 saturated carbocycles. The van der Waals surface area contributed by atoms with Crippen LogP contribution in [0.2, 0.25) is 0 Å². The minimum absolute atomic E-state index is 0.182. The Labute approximate surface area is 146 Å². The van der Waals surface area contributed by atoms with Crippen molar-refractivity contribution in [3.05, 3.63) is 72.2 Å². The van der Waals surface area contributed by atoms with Crippen LogP contribution in [0, 0.1) is 17.7 Å². The van der Waals surface area contributed by atoms with E-state index in [2.05, 4.69) is 0 Å². The van der Waals surface area contributed by atoms with Crippen LogP contribution >= 0.6 is 0 Å². The van der Waals surface area contributed by atoms with Crippen LogP contribution in [0.15, 0.2) is 60.8 Å². The van der Waals surface area contributed by atoms with Crippen LogP contribution in [0.5, 0.6) is 0 Å². The molecule has 1 aliphatic carbocycles. The Morgan fingerprint density at radius 2 is 1.88 bits per heavy atom. The fourth-order valence-electron chi connectivity index (χ4n) is 3.38. The molecule has 1 heterocycles. The highest BCUT2D eigenvalue weighted by Crippen LogP contribution is 2.43. The quantitative estimate of drug-likeness (QED) is 0.691. The van der Waals surface area contributed by atoms with E-state index in [-0.39, 0.29) is 17.5 Å². The molecule has 2 aromatic carbocycles. The average Bonchev–Trinajstić information content (AvgIpc) is 3.27. The van der Waals surface area contributed by atoms with E-state index < -0.39 is 0 Å². The van der Waals surface area contributed by atoms with Gasteiger partial charge < -0.3 is 0 Å². The van der Waals surface area contributed by atoms with Gasteiger partial charge in [-0.15, -0.1) is 0 Å². The van der Waals surface area contributed by atoms with Crippen molar-refractivity contribution in [2.45, 2.75) is 19.8 Å². The molecule has 0 spiro atoms. The van der Waals surface area contributed by atoms with Gasteiger partial charge in [0.15, 0.2) is 0 Å². The second-order valence-corrected chi connectivity index (χ2v) is 6.71. The molecule has 1 aromatic heterocycles. The van der Waals surface area contributed by atoms with Crippen LogP contribution in [0.4, 0.5) is 4.39 Å². The van der Waals surface area contributed by atoms with Crippen molar-refractivity contribution in [2.75, 3.05) is 0 Å². The lowest BCUT2D eigenvalue weighted by Crippen LogP contribution is -1.98. The molecule has 126 valence electrons. The Hall–Kier alpha value is -2.75. The number of carbonyl (C=O) groups excluding carboxylic acids is 1. The van der Waals surface area contributed by atoms with Crippen LogP contribution in [0.3, 0.4) is 0 Å². The van der Waals surface area contributed by atoms with Gasteiger partial charge in [0.05, 0.1) is 11.4 Å². The first-order valence-electron chi connectivity index (χ1n) is 8.52. The third-order valence-corrected chi connectivity index (χ3v) is 4.86. The zero-order valence-electron chi connectivity index (χ0n) is 14.0. The Morgan fingerprint density at radius 3 is 2.52 bits per heavy atom. The van der Waals surface area contributed by atoms with Gasteiger partial charge in [0.1, 0.15) is 11.6 Å². The maximum atomic E-state index is 13.3. The molecule has 0 radical (unpaired) electrons. The minimum atomic E-state index is -0.258. The highest BCUT2D eigenvalue weighted by Gasteiger charge is 2.41. The Morgan fingerprint density at radius 1 is 1.16 bits per heavy atom. The fraction of sp³-hybridized carbons (Fsp3) is 0.238. The lowest BCUT2D eigenvalue weighted by Gasteiger charge is -2.02. The number of ketones is 1. The molecule has 0 aliphatic heterocycles. The fourth-order valence-corrected chi connectivity index (χ4v) is 3.38. The van der Waals surface area contributed by atoms with Crippen LogP contribution in [-0.4, -0.2) is 15.6 Å². The standard InChI is InChI=1S/C21H19FN2O/c1-14(25)20-12-16(20)11-17-13-24(19-5-3-2-4-6-19)23-21(17)15-7-9-18(22)10-8-15/h2-10,13,16,20H,11-12H2,1H3/t16-,20+/m0/s1. The average molecular weight is 334 g/mol. The molecule has 3 nitrogen and oxygen atoms in total. The summed E-state index contributed by atoms with van der Waals surface area (Å²) >= 11 is 0. The van der Waals surface area contributed by atoms with Crippen LogP contribution in [0.1, 0.15) is 18.9 Å². The van der Waals surface area contributed by atoms with Gasteiger partial charge in [0, 0.05) is 17.7 Å². The largest absolute Gasteiger partial charge is 0.300 e. The monoisotopic (exact) mass is 334 g/mol. The predicted molar refractivity (Wildman–Crippen MR) is 94.9 cm³/mol. The third kappa shape index (κ3) is 3.25. The van der Waals surface area contributed by atoms with Crippen LogP contribution in [-0.2, 0) is 11.2 Å². The first-order valence-corrected chi connectivity index (χ1v) is 8.52. The van der Waals surface area contributed by atoms with E-state index in [9.17, 15) is 9.18 Å². The lowest BCUT2D eigenvalue weighted by molar-refractivity contribution is -0.118. The van der Waals surface area contributed by atoms with E-state index in [1.54, 1.807) is 19.1 Å². The molecule has 0 amide bonds. The summed E-state index contributed by atoms with van der Waals surface area (Å²) in [5.41, 5.74) is 3.84. The molecular weight excluding hydrogens is 315 g/mol. The summed E-state index contributed by atoms with van der Waals surface area (Å²) in [5.74, 6) is 0.585. The van der Waals surface area contributed by atoms with E-state index in [4.69, 9.17) is 5.10 Å². The molecule has 4 rings (SSSR count). The number of aromatic nitrogens is 2. The smallest absolute Gasteiger partial charge is 0.133 e. The normalized spacial score (nSPS) is 19.0. The number of hydrogen-bond donors (Lipinski definition) is 0. The first-order chi connectivity index (χ1) is 12.1. The molecule has 25 heavy (non-hydrogen) atoms. The molecule has 4 heteroatoms. The molecule has 2 atom stereocenters. The SMILES string of the molecule is CC(=O)[C@H]1C[C@@H]1Cc1cn(-c2ccccc2)nc1-c1ccc(F)cc1. The van der Waals surface area contributed by atoms with Crippen molar-refractivity contribution in [1.29, 1.82) is 0 Å². The molecule has 1 fully saturated rings. The van der Waals surface area contributed by atoms with Gasteiger partial charge in [0.25, 0.3) is 0 Å².